The highest BCUT2D eigenvalue weighted by Crippen LogP contribution is 2.26. The zero-order valence-electron chi connectivity index (χ0n) is 11.8. The molecule has 0 saturated heterocycles. The highest BCUT2D eigenvalue weighted by atomic mass is 16.5. The van der Waals surface area contributed by atoms with E-state index in [1.807, 2.05) is 19.1 Å². The Labute approximate surface area is 123 Å². The Kier molecular flexibility index (Phi) is 4.90. The molecule has 0 radical (unpaired) electrons. The van der Waals surface area contributed by atoms with Gasteiger partial charge in [0.05, 0.1) is 13.2 Å². The Morgan fingerprint density at radius 3 is 2.52 bits per heavy atom. The van der Waals surface area contributed by atoms with Crippen LogP contribution in [0.1, 0.15) is 18.1 Å². The highest BCUT2D eigenvalue weighted by molar-refractivity contribution is 5.52. The van der Waals surface area contributed by atoms with Gasteiger partial charge in [-0.2, -0.15) is 0 Å². The van der Waals surface area contributed by atoms with Crippen molar-refractivity contribution in [2.45, 2.75) is 20.1 Å². The third kappa shape index (κ3) is 3.79. The number of aliphatic hydroxyl groups excluding tert-OH is 1. The summed E-state index contributed by atoms with van der Waals surface area (Å²) in [5.41, 5.74) is 2.19. The van der Waals surface area contributed by atoms with Crippen molar-refractivity contribution >= 4 is 5.69 Å². The van der Waals surface area contributed by atoms with Crippen LogP contribution in [0, 0.1) is 0 Å². The van der Waals surface area contributed by atoms with Crippen molar-refractivity contribution in [2.75, 3.05) is 11.9 Å². The lowest BCUT2D eigenvalue weighted by atomic mass is 10.1. The molecular weight excluding hydrogens is 270 g/mol. The predicted octanol–water partition coefficient (Wildman–Crippen LogP) is 2.60. The monoisotopic (exact) mass is 289 g/mol. The minimum atomic E-state index is -0.102. The number of hydrogen-bond acceptors (Lipinski definition) is 5. The van der Waals surface area contributed by atoms with Gasteiger partial charge in [0.15, 0.2) is 0 Å². The van der Waals surface area contributed by atoms with Crippen LogP contribution in [0.5, 0.6) is 17.2 Å². The summed E-state index contributed by atoms with van der Waals surface area (Å²) >= 11 is 0. The van der Waals surface area contributed by atoms with Gasteiger partial charge in [-0.1, -0.05) is 0 Å². The van der Waals surface area contributed by atoms with Crippen molar-refractivity contribution in [2.24, 2.45) is 0 Å². The van der Waals surface area contributed by atoms with Gasteiger partial charge in [0.25, 0.3) is 0 Å². The second-order valence-electron chi connectivity index (χ2n) is 4.58. The quantitative estimate of drug-likeness (QED) is 0.657. The average molecular weight is 289 g/mol. The van der Waals surface area contributed by atoms with E-state index in [2.05, 4.69) is 5.32 Å². The van der Waals surface area contributed by atoms with E-state index in [-0.39, 0.29) is 18.1 Å². The molecule has 0 aliphatic rings. The number of aliphatic hydroxyl groups is 1. The minimum Gasteiger partial charge on any atom is -0.508 e. The first-order valence-electron chi connectivity index (χ1n) is 6.75. The van der Waals surface area contributed by atoms with Crippen molar-refractivity contribution in [1.82, 2.24) is 0 Å². The molecule has 5 heteroatoms. The molecule has 0 unspecified atom stereocenters. The van der Waals surface area contributed by atoms with Crippen LogP contribution in [0.3, 0.4) is 0 Å². The van der Waals surface area contributed by atoms with Crippen LogP contribution < -0.4 is 10.1 Å². The van der Waals surface area contributed by atoms with Crippen LogP contribution in [0.4, 0.5) is 5.69 Å². The fraction of sp³-hybridized carbons (Fsp3) is 0.250. The first kappa shape index (κ1) is 15.0. The van der Waals surface area contributed by atoms with Gasteiger partial charge in [0.1, 0.15) is 17.2 Å². The summed E-state index contributed by atoms with van der Waals surface area (Å²) in [6.45, 7) is 2.74. The van der Waals surface area contributed by atoms with E-state index >= 15 is 0 Å². The molecule has 4 N–H and O–H groups in total. The topological polar surface area (TPSA) is 82.0 Å². The molecule has 0 fully saturated rings. The van der Waals surface area contributed by atoms with Crippen LogP contribution in [0.25, 0.3) is 0 Å². The molecule has 0 saturated carbocycles. The predicted molar refractivity (Wildman–Crippen MR) is 80.6 cm³/mol. The van der Waals surface area contributed by atoms with Gasteiger partial charge in [-0.05, 0) is 37.3 Å². The minimum absolute atomic E-state index is 0.0277. The molecule has 0 aromatic heterocycles. The third-order valence-corrected chi connectivity index (χ3v) is 3.08. The van der Waals surface area contributed by atoms with Gasteiger partial charge >= 0.3 is 0 Å². The molecule has 0 amide bonds. The lowest BCUT2D eigenvalue weighted by Crippen LogP contribution is -2.02. The summed E-state index contributed by atoms with van der Waals surface area (Å²) in [4.78, 5) is 0. The van der Waals surface area contributed by atoms with E-state index in [0.29, 0.717) is 30.0 Å². The molecule has 21 heavy (non-hydrogen) atoms. The molecule has 0 spiro atoms. The van der Waals surface area contributed by atoms with Crippen molar-refractivity contribution in [3.8, 4) is 17.2 Å². The molecule has 0 aliphatic carbocycles. The fourth-order valence-electron chi connectivity index (χ4n) is 2.01. The maximum atomic E-state index is 9.72. The lowest BCUT2D eigenvalue weighted by Gasteiger charge is -2.12. The number of phenols is 2. The average Bonchev–Trinajstić information content (AvgIpc) is 2.47. The summed E-state index contributed by atoms with van der Waals surface area (Å²) in [6, 6.07) is 9.93. The Balaban J connectivity index is 2.09. The maximum absolute atomic E-state index is 9.72. The maximum Gasteiger partial charge on any atom is 0.124 e. The number of rotatable bonds is 6. The van der Waals surface area contributed by atoms with E-state index in [1.54, 1.807) is 12.1 Å². The summed E-state index contributed by atoms with van der Waals surface area (Å²) in [5, 5.41) is 31.5. The SMILES string of the molecule is CCOc1ccc(NCc2ccc(O)cc2O)cc1CO. The van der Waals surface area contributed by atoms with Crippen molar-refractivity contribution in [3.63, 3.8) is 0 Å². The first-order chi connectivity index (χ1) is 10.1. The molecule has 0 atom stereocenters. The summed E-state index contributed by atoms with van der Waals surface area (Å²) in [5.74, 6) is 0.730. The molecule has 5 nitrogen and oxygen atoms in total. The molecule has 112 valence electrons. The van der Waals surface area contributed by atoms with Crippen LogP contribution in [0.15, 0.2) is 36.4 Å². The van der Waals surface area contributed by atoms with Gasteiger partial charge in [0, 0.05) is 29.4 Å². The van der Waals surface area contributed by atoms with E-state index in [4.69, 9.17) is 4.74 Å². The Morgan fingerprint density at radius 1 is 1.05 bits per heavy atom. The molecule has 2 aromatic rings. The Hall–Kier alpha value is -2.40. The number of aromatic hydroxyl groups is 2. The number of anilines is 1. The van der Waals surface area contributed by atoms with Gasteiger partial charge < -0.3 is 25.4 Å². The number of ether oxygens (including phenoxy) is 1. The van der Waals surface area contributed by atoms with Crippen LogP contribution in [-0.2, 0) is 13.2 Å². The van der Waals surface area contributed by atoms with E-state index in [1.165, 1.54) is 12.1 Å². The van der Waals surface area contributed by atoms with Gasteiger partial charge in [-0.15, -0.1) is 0 Å². The van der Waals surface area contributed by atoms with Gasteiger partial charge in [-0.25, -0.2) is 0 Å². The van der Waals surface area contributed by atoms with Crippen molar-refractivity contribution in [3.05, 3.63) is 47.5 Å². The molecule has 2 aromatic carbocycles. The number of phenolic OH excluding ortho intramolecular Hbond substituents is 2. The van der Waals surface area contributed by atoms with Crippen molar-refractivity contribution in [1.29, 1.82) is 0 Å². The summed E-state index contributed by atoms with van der Waals surface area (Å²) in [7, 11) is 0. The second-order valence-corrected chi connectivity index (χ2v) is 4.58. The van der Waals surface area contributed by atoms with Crippen LogP contribution in [0.2, 0.25) is 0 Å². The standard InChI is InChI=1S/C16H19NO4/c1-2-21-16-6-4-13(7-12(16)10-18)17-9-11-3-5-14(19)8-15(11)20/h3-8,17-20H,2,9-10H2,1H3. The largest absolute Gasteiger partial charge is 0.508 e. The summed E-state index contributed by atoms with van der Waals surface area (Å²) < 4.78 is 5.42. The highest BCUT2D eigenvalue weighted by Gasteiger charge is 2.06. The van der Waals surface area contributed by atoms with Crippen LogP contribution >= 0.6 is 0 Å². The third-order valence-electron chi connectivity index (χ3n) is 3.08. The smallest absolute Gasteiger partial charge is 0.124 e. The van der Waals surface area contributed by atoms with Gasteiger partial charge in [-0.3, -0.25) is 0 Å². The Morgan fingerprint density at radius 2 is 1.86 bits per heavy atom. The normalized spacial score (nSPS) is 10.4. The summed E-state index contributed by atoms with van der Waals surface area (Å²) in [6.07, 6.45) is 0. The molecule has 0 aliphatic heterocycles. The van der Waals surface area contributed by atoms with E-state index in [0.717, 1.165) is 5.69 Å². The van der Waals surface area contributed by atoms with Gasteiger partial charge in [0.2, 0.25) is 0 Å². The molecular formula is C16H19NO4. The van der Waals surface area contributed by atoms with Crippen molar-refractivity contribution < 1.29 is 20.1 Å². The van der Waals surface area contributed by atoms with E-state index in [9.17, 15) is 15.3 Å². The zero-order valence-corrected chi connectivity index (χ0v) is 11.8. The molecule has 0 bridgehead atoms. The fourth-order valence-corrected chi connectivity index (χ4v) is 2.01. The number of benzene rings is 2. The first-order valence-corrected chi connectivity index (χ1v) is 6.75. The second kappa shape index (κ2) is 6.85. The lowest BCUT2D eigenvalue weighted by molar-refractivity contribution is 0.267. The molecule has 0 heterocycles. The molecule has 2 rings (SSSR count). The number of hydrogen-bond donors (Lipinski definition) is 4. The zero-order chi connectivity index (χ0) is 15.2. The van der Waals surface area contributed by atoms with Crippen LogP contribution in [-0.4, -0.2) is 21.9 Å². The van der Waals surface area contributed by atoms with E-state index < -0.39 is 0 Å². The number of nitrogens with one attached hydrogen (secondary N) is 1. The Bertz CT molecular complexity index is 613.